The zero-order valence-corrected chi connectivity index (χ0v) is 10.7. The molecule has 3 aliphatic rings. The molecule has 3 rings (SSSR count). The van der Waals surface area contributed by atoms with Crippen molar-refractivity contribution in [2.75, 3.05) is 19.8 Å². The number of ether oxygens (including phenoxy) is 1. The summed E-state index contributed by atoms with van der Waals surface area (Å²) in [6, 6.07) is 0.0344. The smallest absolute Gasteiger partial charge is 0.301 e. The maximum absolute atomic E-state index is 12.2. The van der Waals surface area contributed by atoms with Gasteiger partial charge in [0.1, 0.15) is 6.04 Å². The first-order valence-electron chi connectivity index (χ1n) is 6.67. The van der Waals surface area contributed by atoms with Crippen LogP contribution in [0.15, 0.2) is 4.99 Å². The second kappa shape index (κ2) is 4.42. The van der Waals surface area contributed by atoms with Crippen molar-refractivity contribution in [3.63, 3.8) is 0 Å². The monoisotopic (exact) mass is 252 g/mol. The molecule has 1 atom stereocenters. The van der Waals surface area contributed by atoms with E-state index in [1.807, 2.05) is 11.8 Å². The lowest BCUT2D eigenvalue weighted by Gasteiger charge is -2.33. The summed E-state index contributed by atoms with van der Waals surface area (Å²) in [4.78, 5) is 18.4. The number of nitrogens with zero attached hydrogens (tertiary/aromatic N) is 2. The fraction of sp³-hybridized carbons (Fsp3) is 0.833. The van der Waals surface area contributed by atoms with E-state index in [4.69, 9.17) is 4.74 Å². The molecule has 100 valence electrons. The molecule has 18 heavy (non-hydrogen) atoms. The minimum Gasteiger partial charge on any atom is -0.447 e. The van der Waals surface area contributed by atoms with E-state index >= 15 is 0 Å². The lowest BCUT2D eigenvalue weighted by Crippen LogP contribution is -2.43. The predicted octanol–water partition coefficient (Wildman–Crippen LogP) is 0.215. The number of likely N-dealkylation sites (tertiary alicyclic amines) is 1. The second-order valence-corrected chi connectivity index (χ2v) is 5.53. The van der Waals surface area contributed by atoms with Crippen LogP contribution in [-0.4, -0.2) is 42.7 Å². The van der Waals surface area contributed by atoms with Crippen LogP contribution in [0.2, 0.25) is 0 Å². The summed E-state index contributed by atoms with van der Waals surface area (Å²) in [6.45, 7) is 3.99. The number of piperidine rings is 1. The third-order valence-electron chi connectivity index (χ3n) is 4.24. The first-order valence-corrected chi connectivity index (χ1v) is 6.67. The fourth-order valence-corrected chi connectivity index (χ4v) is 2.70. The van der Waals surface area contributed by atoms with Gasteiger partial charge in [0.15, 0.2) is 6.73 Å². The van der Waals surface area contributed by atoms with E-state index in [1.54, 1.807) is 0 Å². The van der Waals surface area contributed by atoms with Gasteiger partial charge in [0.25, 0.3) is 0 Å². The molecular weight excluding hydrogens is 232 g/mol. The Kier molecular flexibility index (Phi) is 2.89. The first kappa shape index (κ1) is 11.8. The highest BCUT2D eigenvalue weighted by Crippen LogP contribution is 2.53. The van der Waals surface area contributed by atoms with Gasteiger partial charge >= 0.3 is 6.02 Å². The van der Waals surface area contributed by atoms with Crippen LogP contribution in [0.3, 0.4) is 0 Å². The highest BCUT2D eigenvalue weighted by atomic mass is 16.5. The van der Waals surface area contributed by atoms with Gasteiger partial charge < -0.3 is 9.64 Å². The zero-order chi connectivity index (χ0) is 12.6. The van der Waals surface area contributed by atoms with Crippen LogP contribution < -0.4 is 10.9 Å². The molecule has 1 amide bonds. The van der Waals surface area contributed by atoms with Crippen LogP contribution in [0.1, 0.15) is 32.6 Å². The third kappa shape index (κ3) is 2.29. The largest absolute Gasteiger partial charge is 0.447 e. The summed E-state index contributed by atoms with van der Waals surface area (Å²) in [5.41, 5.74) is 6.17. The van der Waals surface area contributed by atoms with Crippen molar-refractivity contribution in [3.05, 3.63) is 0 Å². The van der Waals surface area contributed by atoms with Gasteiger partial charge in [0.05, 0.1) is 0 Å². The van der Waals surface area contributed by atoms with Gasteiger partial charge in [-0.3, -0.25) is 10.2 Å². The number of hydrogen-bond acceptors (Lipinski definition) is 4. The summed E-state index contributed by atoms with van der Waals surface area (Å²) in [7, 11) is 0. The van der Waals surface area contributed by atoms with Gasteiger partial charge in [-0.25, -0.2) is 4.99 Å². The normalized spacial score (nSPS) is 28.9. The van der Waals surface area contributed by atoms with Crippen molar-refractivity contribution in [2.24, 2.45) is 10.4 Å². The predicted molar refractivity (Wildman–Crippen MR) is 66.6 cm³/mol. The Balaban J connectivity index is 1.55. The average molecular weight is 252 g/mol. The van der Waals surface area contributed by atoms with E-state index in [2.05, 4.69) is 15.8 Å². The van der Waals surface area contributed by atoms with E-state index in [0.717, 1.165) is 13.1 Å². The number of hydrogen-bond donors (Lipinski definition) is 2. The molecule has 2 N–H and O–H groups in total. The molecule has 2 saturated heterocycles. The van der Waals surface area contributed by atoms with Crippen molar-refractivity contribution < 1.29 is 9.53 Å². The third-order valence-corrected chi connectivity index (χ3v) is 4.24. The molecule has 1 aliphatic carbocycles. The Morgan fingerprint density at radius 3 is 2.67 bits per heavy atom. The van der Waals surface area contributed by atoms with Gasteiger partial charge in [0.2, 0.25) is 5.91 Å². The molecule has 2 heterocycles. The van der Waals surface area contributed by atoms with Crippen LogP contribution in [0.4, 0.5) is 0 Å². The SMILES string of the molecule is CC(N=C1NNCO1)C(=O)N1CCC2(CC1)CC2. The van der Waals surface area contributed by atoms with Crippen LogP contribution in [0, 0.1) is 5.41 Å². The topological polar surface area (TPSA) is 66.0 Å². The number of hydrazine groups is 1. The van der Waals surface area contributed by atoms with Crippen molar-refractivity contribution in [1.82, 2.24) is 15.8 Å². The average Bonchev–Trinajstić information content (AvgIpc) is 2.93. The Morgan fingerprint density at radius 1 is 1.39 bits per heavy atom. The molecule has 0 aromatic rings. The summed E-state index contributed by atoms with van der Waals surface area (Å²) in [6.07, 6.45) is 5.04. The molecule has 0 aromatic heterocycles. The highest BCUT2D eigenvalue weighted by Gasteiger charge is 2.45. The minimum atomic E-state index is -0.374. The number of amidine groups is 1. The fourth-order valence-electron chi connectivity index (χ4n) is 2.70. The van der Waals surface area contributed by atoms with E-state index in [1.165, 1.54) is 25.7 Å². The lowest BCUT2D eigenvalue weighted by atomic mass is 9.93. The summed E-state index contributed by atoms with van der Waals surface area (Å²) >= 11 is 0. The maximum atomic E-state index is 12.2. The van der Waals surface area contributed by atoms with E-state index in [9.17, 15) is 4.79 Å². The van der Waals surface area contributed by atoms with Gasteiger partial charge in [-0.15, -0.1) is 0 Å². The summed E-state index contributed by atoms with van der Waals surface area (Å²) in [5, 5.41) is 0. The molecule has 1 spiro atoms. The molecule has 1 unspecified atom stereocenters. The lowest BCUT2D eigenvalue weighted by molar-refractivity contribution is -0.133. The number of aliphatic imine (C=N–C) groups is 1. The van der Waals surface area contributed by atoms with Gasteiger partial charge in [-0.05, 0) is 38.0 Å². The summed E-state index contributed by atoms with van der Waals surface area (Å²) < 4.78 is 5.16. The van der Waals surface area contributed by atoms with E-state index in [-0.39, 0.29) is 11.9 Å². The number of carbonyl (C=O) groups is 1. The van der Waals surface area contributed by atoms with Crippen molar-refractivity contribution >= 4 is 11.9 Å². The Hall–Kier alpha value is -1.30. The molecule has 1 saturated carbocycles. The van der Waals surface area contributed by atoms with Crippen molar-refractivity contribution in [1.29, 1.82) is 0 Å². The van der Waals surface area contributed by atoms with Crippen LogP contribution in [-0.2, 0) is 9.53 Å². The number of nitrogens with one attached hydrogen (secondary N) is 2. The Bertz CT molecular complexity index is 360. The van der Waals surface area contributed by atoms with Crippen LogP contribution in [0.5, 0.6) is 0 Å². The Labute approximate surface area is 107 Å². The second-order valence-electron chi connectivity index (χ2n) is 5.53. The molecule has 3 fully saturated rings. The molecule has 6 nitrogen and oxygen atoms in total. The standard InChI is InChI=1S/C12H20N4O2/c1-9(14-11-15-13-8-18-11)10(17)16-6-4-12(2-3-12)5-7-16/h9,13H,2-8H2,1H3,(H,14,15). The van der Waals surface area contributed by atoms with Gasteiger partial charge in [-0.1, -0.05) is 0 Å². The van der Waals surface area contributed by atoms with Crippen LogP contribution >= 0.6 is 0 Å². The molecule has 2 aliphatic heterocycles. The number of carbonyl (C=O) groups excluding carboxylic acids is 1. The first-order chi connectivity index (χ1) is 8.69. The quantitative estimate of drug-likeness (QED) is 0.737. The minimum absolute atomic E-state index is 0.107. The molecule has 0 bridgehead atoms. The van der Waals surface area contributed by atoms with Crippen molar-refractivity contribution in [3.8, 4) is 0 Å². The van der Waals surface area contributed by atoms with Gasteiger partial charge in [-0.2, -0.15) is 5.43 Å². The molecule has 0 radical (unpaired) electrons. The molecule has 6 heteroatoms. The highest BCUT2D eigenvalue weighted by molar-refractivity contribution is 5.85. The number of rotatable bonds is 2. The maximum Gasteiger partial charge on any atom is 0.301 e. The number of amides is 1. The zero-order valence-electron chi connectivity index (χ0n) is 10.7. The van der Waals surface area contributed by atoms with E-state index in [0.29, 0.717) is 18.2 Å². The van der Waals surface area contributed by atoms with Gasteiger partial charge in [0, 0.05) is 13.1 Å². The summed E-state index contributed by atoms with van der Waals surface area (Å²) in [5.74, 6) is 0.107. The molecule has 0 aromatic carbocycles. The van der Waals surface area contributed by atoms with Crippen molar-refractivity contribution in [2.45, 2.75) is 38.6 Å². The van der Waals surface area contributed by atoms with Crippen LogP contribution in [0.25, 0.3) is 0 Å². The Morgan fingerprint density at radius 2 is 2.11 bits per heavy atom. The van der Waals surface area contributed by atoms with E-state index < -0.39 is 0 Å². The molecular formula is C12H20N4O2.